The van der Waals surface area contributed by atoms with Gasteiger partial charge in [-0.2, -0.15) is 0 Å². The first kappa shape index (κ1) is 14.5. The van der Waals surface area contributed by atoms with Gasteiger partial charge in [0.05, 0.1) is 4.92 Å². The van der Waals surface area contributed by atoms with Crippen LogP contribution in [-0.4, -0.2) is 10.8 Å². The van der Waals surface area contributed by atoms with Crippen LogP contribution in [0.4, 0.5) is 17.1 Å². The van der Waals surface area contributed by atoms with Crippen molar-refractivity contribution < 1.29 is 9.72 Å². The summed E-state index contributed by atoms with van der Waals surface area (Å²) in [6.07, 6.45) is 0. The number of anilines is 2. The number of nitro groups is 1. The van der Waals surface area contributed by atoms with E-state index in [4.69, 9.17) is 5.73 Å². The zero-order chi connectivity index (χ0) is 15.6. The van der Waals surface area contributed by atoms with Gasteiger partial charge in [0.2, 0.25) is 0 Å². The van der Waals surface area contributed by atoms with Crippen LogP contribution in [0.1, 0.15) is 21.5 Å². The van der Waals surface area contributed by atoms with E-state index >= 15 is 0 Å². The Balaban J connectivity index is 2.26. The average Bonchev–Trinajstić information content (AvgIpc) is 2.42. The molecular formula is C15H15N3O3. The molecule has 0 spiro atoms. The molecule has 2 aromatic carbocycles. The van der Waals surface area contributed by atoms with Crippen molar-refractivity contribution in [1.29, 1.82) is 0 Å². The molecular weight excluding hydrogens is 270 g/mol. The third kappa shape index (κ3) is 3.17. The number of hydrogen-bond acceptors (Lipinski definition) is 4. The van der Waals surface area contributed by atoms with Crippen LogP contribution in [0, 0.1) is 24.0 Å². The minimum absolute atomic E-state index is 0.0337. The SMILES string of the molecule is Cc1ccc(C)c(NC(=O)c2ccc([N+](=O)[O-])c(N)c2)c1. The predicted molar refractivity (Wildman–Crippen MR) is 81.4 cm³/mol. The van der Waals surface area contributed by atoms with Crippen LogP contribution < -0.4 is 11.1 Å². The van der Waals surface area contributed by atoms with E-state index in [0.717, 1.165) is 11.1 Å². The van der Waals surface area contributed by atoms with E-state index in [1.807, 2.05) is 32.0 Å². The van der Waals surface area contributed by atoms with Crippen LogP contribution in [-0.2, 0) is 0 Å². The highest BCUT2D eigenvalue weighted by Crippen LogP contribution is 2.23. The van der Waals surface area contributed by atoms with Gasteiger partial charge in [-0.1, -0.05) is 12.1 Å². The maximum atomic E-state index is 12.2. The number of rotatable bonds is 3. The van der Waals surface area contributed by atoms with Gasteiger partial charge in [-0.25, -0.2) is 0 Å². The molecule has 21 heavy (non-hydrogen) atoms. The highest BCUT2D eigenvalue weighted by Gasteiger charge is 2.15. The van der Waals surface area contributed by atoms with Gasteiger partial charge in [0.1, 0.15) is 5.69 Å². The maximum Gasteiger partial charge on any atom is 0.292 e. The topological polar surface area (TPSA) is 98.3 Å². The molecule has 0 aromatic heterocycles. The quantitative estimate of drug-likeness (QED) is 0.514. The highest BCUT2D eigenvalue weighted by molar-refractivity contribution is 6.05. The molecule has 0 heterocycles. The summed E-state index contributed by atoms with van der Waals surface area (Å²) in [5.74, 6) is -0.356. The monoisotopic (exact) mass is 285 g/mol. The number of amides is 1. The highest BCUT2D eigenvalue weighted by atomic mass is 16.6. The Morgan fingerprint density at radius 3 is 2.52 bits per heavy atom. The lowest BCUT2D eigenvalue weighted by molar-refractivity contribution is -0.383. The molecule has 0 saturated heterocycles. The summed E-state index contributed by atoms with van der Waals surface area (Å²) in [4.78, 5) is 22.3. The van der Waals surface area contributed by atoms with Gasteiger partial charge in [0.25, 0.3) is 11.6 Å². The number of carbonyl (C=O) groups excluding carboxylic acids is 1. The van der Waals surface area contributed by atoms with Crippen LogP contribution in [0.3, 0.4) is 0 Å². The summed E-state index contributed by atoms with van der Waals surface area (Å²) < 4.78 is 0. The van der Waals surface area contributed by atoms with Gasteiger partial charge in [-0.15, -0.1) is 0 Å². The molecule has 2 rings (SSSR count). The molecule has 6 heteroatoms. The van der Waals surface area contributed by atoms with Crippen molar-refractivity contribution in [2.75, 3.05) is 11.1 Å². The lowest BCUT2D eigenvalue weighted by Gasteiger charge is -2.09. The van der Waals surface area contributed by atoms with Gasteiger partial charge in [0.15, 0.2) is 0 Å². The largest absolute Gasteiger partial charge is 0.393 e. The molecule has 108 valence electrons. The molecule has 0 aliphatic carbocycles. The molecule has 0 aliphatic rings. The van der Waals surface area contributed by atoms with Crippen molar-refractivity contribution in [3.63, 3.8) is 0 Å². The number of hydrogen-bond donors (Lipinski definition) is 2. The molecule has 0 radical (unpaired) electrons. The number of nitrogens with two attached hydrogens (primary N) is 1. The van der Waals surface area contributed by atoms with Crippen molar-refractivity contribution in [2.45, 2.75) is 13.8 Å². The fraction of sp³-hybridized carbons (Fsp3) is 0.133. The minimum Gasteiger partial charge on any atom is -0.393 e. The third-order valence-corrected chi connectivity index (χ3v) is 3.13. The Morgan fingerprint density at radius 1 is 1.19 bits per heavy atom. The Kier molecular flexibility index (Phi) is 3.89. The lowest BCUT2D eigenvalue weighted by atomic mass is 10.1. The number of benzene rings is 2. The number of aryl methyl sites for hydroxylation is 2. The first-order chi connectivity index (χ1) is 9.88. The van der Waals surface area contributed by atoms with Crippen LogP contribution in [0.15, 0.2) is 36.4 Å². The molecule has 0 fully saturated rings. The number of nitrogen functional groups attached to an aromatic ring is 1. The summed E-state index contributed by atoms with van der Waals surface area (Å²) >= 11 is 0. The number of nitrogens with zero attached hydrogens (tertiary/aromatic N) is 1. The second-order valence-electron chi connectivity index (χ2n) is 4.80. The fourth-order valence-electron chi connectivity index (χ4n) is 1.93. The van der Waals surface area contributed by atoms with Gasteiger partial charge in [-0.05, 0) is 43.2 Å². The summed E-state index contributed by atoms with van der Waals surface area (Å²) in [7, 11) is 0. The lowest BCUT2D eigenvalue weighted by Crippen LogP contribution is -2.13. The van der Waals surface area contributed by atoms with E-state index in [0.29, 0.717) is 5.69 Å². The zero-order valence-electron chi connectivity index (χ0n) is 11.7. The number of nitro benzene ring substituents is 1. The minimum atomic E-state index is -0.582. The van der Waals surface area contributed by atoms with Crippen molar-refractivity contribution in [3.8, 4) is 0 Å². The number of carbonyl (C=O) groups is 1. The Hall–Kier alpha value is -2.89. The maximum absolute atomic E-state index is 12.2. The third-order valence-electron chi connectivity index (χ3n) is 3.13. The van der Waals surface area contributed by atoms with Gasteiger partial charge in [0, 0.05) is 17.3 Å². The molecule has 0 saturated carbocycles. The standard InChI is InChI=1S/C15H15N3O3/c1-9-3-4-10(2)13(7-9)17-15(19)11-5-6-14(18(20)21)12(16)8-11/h3-8H,16H2,1-2H3,(H,17,19). The Bertz CT molecular complexity index is 726. The molecule has 2 aromatic rings. The van der Waals surface area contributed by atoms with E-state index in [-0.39, 0.29) is 22.8 Å². The van der Waals surface area contributed by atoms with E-state index in [2.05, 4.69) is 5.32 Å². The van der Waals surface area contributed by atoms with E-state index in [1.165, 1.54) is 18.2 Å². The first-order valence-corrected chi connectivity index (χ1v) is 6.31. The van der Waals surface area contributed by atoms with Crippen LogP contribution in [0.2, 0.25) is 0 Å². The molecule has 0 aliphatic heterocycles. The van der Waals surface area contributed by atoms with E-state index in [1.54, 1.807) is 0 Å². The Labute approximate surface area is 121 Å². The molecule has 0 unspecified atom stereocenters. The van der Waals surface area contributed by atoms with E-state index < -0.39 is 4.92 Å². The first-order valence-electron chi connectivity index (χ1n) is 6.31. The normalized spacial score (nSPS) is 10.2. The molecule has 0 atom stereocenters. The van der Waals surface area contributed by atoms with Gasteiger partial charge < -0.3 is 11.1 Å². The van der Waals surface area contributed by atoms with Crippen molar-refractivity contribution in [2.24, 2.45) is 0 Å². The van der Waals surface area contributed by atoms with E-state index in [9.17, 15) is 14.9 Å². The molecule has 1 amide bonds. The summed E-state index contributed by atoms with van der Waals surface area (Å²) in [6.45, 7) is 3.82. The number of nitrogens with one attached hydrogen (secondary N) is 1. The Morgan fingerprint density at radius 2 is 1.90 bits per heavy atom. The smallest absolute Gasteiger partial charge is 0.292 e. The summed E-state index contributed by atoms with van der Waals surface area (Å²) in [5, 5.41) is 13.5. The summed E-state index contributed by atoms with van der Waals surface area (Å²) in [5.41, 5.74) is 8.29. The van der Waals surface area contributed by atoms with Gasteiger partial charge >= 0.3 is 0 Å². The molecule has 6 nitrogen and oxygen atoms in total. The van der Waals surface area contributed by atoms with Crippen LogP contribution in [0.25, 0.3) is 0 Å². The van der Waals surface area contributed by atoms with Crippen molar-refractivity contribution in [1.82, 2.24) is 0 Å². The average molecular weight is 285 g/mol. The second-order valence-corrected chi connectivity index (χ2v) is 4.80. The molecule has 3 N–H and O–H groups in total. The van der Waals surface area contributed by atoms with Crippen LogP contribution in [0.5, 0.6) is 0 Å². The second kappa shape index (κ2) is 5.62. The zero-order valence-corrected chi connectivity index (χ0v) is 11.7. The van der Waals surface area contributed by atoms with Gasteiger partial charge in [-0.3, -0.25) is 14.9 Å². The van der Waals surface area contributed by atoms with Crippen LogP contribution >= 0.6 is 0 Å². The summed E-state index contributed by atoms with van der Waals surface area (Å²) in [6, 6.07) is 9.65. The van der Waals surface area contributed by atoms with Crippen molar-refractivity contribution in [3.05, 3.63) is 63.2 Å². The predicted octanol–water partition coefficient (Wildman–Crippen LogP) is 3.05. The van der Waals surface area contributed by atoms with Crippen molar-refractivity contribution >= 4 is 23.0 Å². The fourth-order valence-corrected chi connectivity index (χ4v) is 1.93. The molecule has 0 bridgehead atoms.